The molecular weight excluding hydrogens is 737 g/mol. The lowest BCUT2D eigenvalue weighted by Crippen LogP contribution is -1.98. The molecule has 0 bridgehead atoms. The van der Waals surface area contributed by atoms with E-state index in [1.807, 2.05) is 0 Å². The molecule has 61 heavy (non-hydrogen) atoms. The molecule has 0 radical (unpaired) electrons. The van der Waals surface area contributed by atoms with Crippen molar-refractivity contribution in [2.75, 3.05) is 0 Å². The summed E-state index contributed by atoms with van der Waals surface area (Å²) in [6, 6.07) is 61.7. The van der Waals surface area contributed by atoms with Gasteiger partial charge in [0.1, 0.15) is 0 Å². The molecule has 0 spiro atoms. The molecule has 1 heterocycles. The van der Waals surface area contributed by atoms with Gasteiger partial charge in [-0.25, -0.2) is 9.97 Å². The van der Waals surface area contributed by atoms with Gasteiger partial charge in [0.2, 0.25) is 0 Å². The van der Waals surface area contributed by atoms with E-state index in [1.54, 1.807) is 0 Å². The third-order valence-electron chi connectivity index (χ3n) is 12.9. The van der Waals surface area contributed by atoms with Gasteiger partial charge in [-0.1, -0.05) is 200 Å². The smallest absolute Gasteiger partial charge is 0.160 e. The summed E-state index contributed by atoms with van der Waals surface area (Å²) < 4.78 is 0. The first kappa shape index (κ1) is 35.3. The molecule has 0 N–H and O–H groups in total. The number of allylic oxidation sites excluding steroid dienone is 6. The lowest BCUT2D eigenvalue weighted by Gasteiger charge is -2.18. The van der Waals surface area contributed by atoms with Crippen molar-refractivity contribution >= 4 is 33.7 Å². The van der Waals surface area contributed by atoms with Gasteiger partial charge in [-0.05, 0) is 108 Å². The summed E-state index contributed by atoms with van der Waals surface area (Å²) >= 11 is 0. The van der Waals surface area contributed by atoms with E-state index >= 15 is 0 Å². The summed E-state index contributed by atoms with van der Waals surface area (Å²) in [5.74, 6) is 1.03. The van der Waals surface area contributed by atoms with Crippen LogP contribution in [0.5, 0.6) is 0 Å². The lowest BCUT2D eigenvalue weighted by molar-refractivity contribution is 0.986. The van der Waals surface area contributed by atoms with Crippen LogP contribution in [0.25, 0.3) is 101 Å². The van der Waals surface area contributed by atoms with Gasteiger partial charge in [-0.15, -0.1) is 0 Å². The molecule has 3 aliphatic rings. The van der Waals surface area contributed by atoms with Crippen LogP contribution in [0.4, 0.5) is 0 Å². The normalized spacial score (nSPS) is 14.8. The minimum Gasteiger partial charge on any atom is -0.228 e. The molecule has 2 nitrogen and oxygen atoms in total. The van der Waals surface area contributed by atoms with Crippen LogP contribution < -0.4 is 0 Å². The van der Waals surface area contributed by atoms with E-state index in [0.29, 0.717) is 11.7 Å². The van der Waals surface area contributed by atoms with Crippen molar-refractivity contribution in [2.45, 2.75) is 18.8 Å². The van der Waals surface area contributed by atoms with E-state index < -0.39 is 0 Å². The first-order valence-electron chi connectivity index (χ1n) is 21.3. The maximum Gasteiger partial charge on any atom is 0.160 e. The molecule has 2 heteroatoms. The molecule has 286 valence electrons. The molecule has 1 aromatic heterocycles. The quantitative estimate of drug-likeness (QED) is 0.168. The largest absolute Gasteiger partial charge is 0.228 e. The molecular formula is C59H40N2. The minimum atomic E-state index is 0.329. The van der Waals surface area contributed by atoms with Crippen molar-refractivity contribution in [2.24, 2.45) is 0 Å². The molecule has 3 aliphatic carbocycles. The van der Waals surface area contributed by atoms with E-state index in [0.717, 1.165) is 40.9 Å². The third-order valence-corrected chi connectivity index (χ3v) is 12.9. The number of aromatic nitrogens is 2. The molecule has 0 amide bonds. The maximum absolute atomic E-state index is 5.38. The molecule has 0 fully saturated rings. The number of fused-ring (bicyclic) bond motifs is 6. The third kappa shape index (κ3) is 6.10. The highest BCUT2D eigenvalue weighted by Gasteiger charge is 2.25. The van der Waals surface area contributed by atoms with Gasteiger partial charge in [0, 0.05) is 22.6 Å². The van der Waals surface area contributed by atoms with Crippen LogP contribution in [0.1, 0.15) is 34.6 Å². The zero-order valence-corrected chi connectivity index (χ0v) is 33.6. The van der Waals surface area contributed by atoms with Crippen molar-refractivity contribution < 1.29 is 0 Å². The van der Waals surface area contributed by atoms with Crippen LogP contribution in [0.15, 0.2) is 206 Å². The van der Waals surface area contributed by atoms with Crippen LogP contribution in [0.3, 0.4) is 0 Å². The van der Waals surface area contributed by atoms with Gasteiger partial charge in [0.05, 0.1) is 11.4 Å². The Balaban J connectivity index is 0.986. The van der Waals surface area contributed by atoms with E-state index in [9.17, 15) is 0 Å². The van der Waals surface area contributed by atoms with Crippen molar-refractivity contribution in [1.29, 1.82) is 0 Å². The number of aryl methyl sites for hydroxylation is 1. The second-order valence-corrected chi connectivity index (χ2v) is 16.3. The molecule has 9 aromatic rings. The Morgan fingerprint density at radius 2 is 1.10 bits per heavy atom. The van der Waals surface area contributed by atoms with Crippen LogP contribution in [0.2, 0.25) is 0 Å². The highest BCUT2D eigenvalue weighted by atomic mass is 14.9. The van der Waals surface area contributed by atoms with E-state index in [-0.39, 0.29) is 0 Å². The second-order valence-electron chi connectivity index (χ2n) is 16.3. The van der Waals surface area contributed by atoms with Crippen molar-refractivity contribution in [3.05, 3.63) is 228 Å². The molecule has 1 unspecified atom stereocenters. The summed E-state index contributed by atoms with van der Waals surface area (Å²) in [6.07, 6.45) is 18.0. The van der Waals surface area contributed by atoms with Crippen molar-refractivity contribution in [3.8, 4) is 67.3 Å². The number of hydrogen-bond acceptors (Lipinski definition) is 2. The zero-order valence-electron chi connectivity index (χ0n) is 33.6. The van der Waals surface area contributed by atoms with Gasteiger partial charge >= 0.3 is 0 Å². The molecule has 12 rings (SSSR count). The van der Waals surface area contributed by atoms with Gasteiger partial charge in [0.15, 0.2) is 5.82 Å². The Morgan fingerprint density at radius 1 is 0.443 bits per heavy atom. The van der Waals surface area contributed by atoms with Gasteiger partial charge < -0.3 is 0 Å². The topological polar surface area (TPSA) is 25.8 Å². The first-order valence-corrected chi connectivity index (χ1v) is 21.3. The monoisotopic (exact) mass is 776 g/mol. The fourth-order valence-electron chi connectivity index (χ4n) is 9.83. The summed E-state index contributed by atoms with van der Waals surface area (Å²) in [5.41, 5.74) is 19.0. The Labute approximate surface area is 356 Å². The standard InChI is InChI=1S/C59H40N2/c1-4-17-45-38(12-1)15-9-22-46(45)40-26-30-42(31-27-40)57-37-58(55-35-34-54(52-20-7-8-21-53(52)55)50-24-10-16-39-13-2-5-18-47(39)50)61-59(60-57)43-32-28-41(29-33-43)48-23-11-25-51-49-19-6-3-14-44(49)36-56(48)51/h1,3-12,14-37,49H,2,13H2. The summed E-state index contributed by atoms with van der Waals surface area (Å²) in [7, 11) is 0. The fourth-order valence-corrected chi connectivity index (χ4v) is 9.83. The fraction of sp³-hybridized carbons (Fsp3) is 0.0508. The summed E-state index contributed by atoms with van der Waals surface area (Å²) in [6.45, 7) is 0. The average Bonchev–Trinajstić information content (AvgIpc) is 3.72. The number of nitrogens with zero attached hydrogens (tertiary/aromatic N) is 2. The number of hydrogen-bond donors (Lipinski definition) is 0. The van der Waals surface area contributed by atoms with Crippen LogP contribution in [-0.2, 0) is 6.42 Å². The number of benzene rings is 8. The van der Waals surface area contributed by atoms with E-state index in [1.165, 1.54) is 82.8 Å². The highest BCUT2D eigenvalue weighted by molar-refractivity contribution is 6.06. The van der Waals surface area contributed by atoms with Crippen LogP contribution >= 0.6 is 0 Å². The van der Waals surface area contributed by atoms with Crippen LogP contribution in [-0.4, -0.2) is 9.97 Å². The molecule has 8 aromatic carbocycles. The molecule has 0 saturated carbocycles. The minimum absolute atomic E-state index is 0.329. The van der Waals surface area contributed by atoms with Crippen LogP contribution in [0, 0.1) is 0 Å². The zero-order chi connectivity index (χ0) is 40.3. The van der Waals surface area contributed by atoms with Crippen molar-refractivity contribution in [3.63, 3.8) is 0 Å². The maximum atomic E-state index is 5.38. The molecule has 0 saturated heterocycles. The van der Waals surface area contributed by atoms with E-state index in [4.69, 9.17) is 9.97 Å². The van der Waals surface area contributed by atoms with Crippen molar-refractivity contribution in [1.82, 2.24) is 9.97 Å². The lowest BCUT2D eigenvalue weighted by atomic mass is 9.87. The molecule has 0 aliphatic heterocycles. The number of rotatable bonds is 6. The summed E-state index contributed by atoms with van der Waals surface area (Å²) in [4.78, 5) is 10.7. The SMILES string of the molecule is C1=CC2=Cc3c(-c4ccc(-c5nc(-c6ccc(-c7cccc8ccccc78)cc6)cc(-c6ccc(-c7cccc8c7C=CCC8)c7ccccc67)n5)cc4)cccc3C2C=C1. The Morgan fingerprint density at radius 3 is 1.97 bits per heavy atom. The predicted molar refractivity (Wildman–Crippen MR) is 256 cm³/mol. The first-order chi connectivity index (χ1) is 30.2. The van der Waals surface area contributed by atoms with Gasteiger partial charge in [-0.2, -0.15) is 0 Å². The second kappa shape index (κ2) is 14.5. The molecule has 1 atom stereocenters. The average molecular weight is 777 g/mol. The highest BCUT2D eigenvalue weighted by Crippen LogP contribution is 2.44. The Bertz CT molecular complexity index is 3340. The Kier molecular flexibility index (Phi) is 8.41. The van der Waals surface area contributed by atoms with E-state index in [2.05, 4.69) is 212 Å². The van der Waals surface area contributed by atoms with Gasteiger partial charge in [-0.3, -0.25) is 0 Å². The van der Waals surface area contributed by atoms with Gasteiger partial charge in [0.25, 0.3) is 0 Å². The summed E-state index contributed by atoms with van der Waals surface area (Å²) in [5, 5.41) is 4.88. The Hall–Kier alpha value is -7.68. The predicted octanol–water partition coefficient (Wildman–Crippen LogP) is 15.4.